The Hall–Kier alpha value is -0.670. The number of aromatic amines is 1. The zero-order valence-electron chi connectivity index (χ0n) is 8.86. The quantitative estimate of drug-likeness (QED) is 0.757. The SMILES string of the molecule is CC1CN(c2cc[nH]c2)CC(Cl)C1CO. The Labute approximate surface area is 95.0 Å². The Bertz CT molecular complexity index is 290. The van der Waals surface area contributed by atoms with Gasteiger partial charge in [0.15, 0.2) is 0 Å². The van der Waals surface area contributed by atoms with E-state index >= 15 is 0 Å². The van der Waals surface area contributed by atoms with Gasteiger partial charge < -0.3 is 15.0 Å². The lowest BCUT2D eigenvalue weighted by Gasteiger charge is -2.40. The number of rotatable bonds is 2. The van der Waals surface area contributed by atoms with E-state index in [1.165, 1.54) is 5.69 Å². The number of alkyl halides is 1. The van der Waals surface area contributed by atoms with Crippen LogP contribution in [0.5, 0.6) is 0 Å². The van der Waals surface area contributed by atoms with E-state index in [2.05, 4.69) is 22.9 Å². The number of halogens is 1. The molecule has 2 N–H and O–H groups in total. The minimum atomic E-state index is 0.0358. The van der Waals surface area contributed by atoms with E-state index < -0.39 is 0 Å². The second-order valence-corrected chi connectivity index (χ2v) is 4.87. The number of aliphatic hydroxyl groups excluding tert-OH is 1. The van der Waals surface area contributed by atoms with Crippen LogP contribution in [0.25, 0.3) is 0 Å². The average Bonchev–Trinajstić information content (AvgIpc) is 2.69. The van der Waals surface area contributed by atoms with E-state index in [4.69, 9.17) is 11.6 Å². The molecule has 1 aliphatic heterocycles. The number of aromatic nitrogens is 1. The fraction of sp³-hybridized carbons (Fsp3) is 0.636. The molecule has 1 aliphatic rings. The van der Waals surface area contributed by atoms with Gasteiger partial charge in [-0.05, 0) is 12.0 Å². The number of piperidine rings is 1. The predicted molar refractivity (Wildman–Crippen MR) is 62.4 cm³/mol. The molecule has 0 aliphatic carbocycles. The third kappa shape index (κ3) is 2.13. The fourth-order valence-corrected chi connectivity index (χ4v) is 2.77. The molecule has 1 aromatic heterocycles. The number of anilines is 1. The molecule has 0 saturated carbocycles. The first-order valence-electron chi connectivity index (χ1n) is 5.35. The van der Waals surface area contributed by atoms with E-state index in [9.17, 15) is 5.11 Å². The minimum Gasteiger partial charge on any atom is -0.396 e. The minimum absolute atomic E-state index is 0.0358. The Balaban J connectivity index is 2.07. The van der Waals surface area contributed by atoms with Crippen LogP contribution >= 0.6 is 11.6 Å². The Morgan fingerprint density at radius 1 is 1.60 bits per heavy atom. The van der Waals surface area contributed by atoms with Crippen molar-refractivity contribution in [2.24, 2.45) is 11.8 Å². The summed E-state index contributed by atoms with van der Waals surface area (Å²) in [6.45, 7) is 4.12. The standard InChI is InChI=1S/C11H17ClN2O/c1-8-5-14(9-2-3-13-4-9)6-11(12)10(8)7-15/h2-4,8,10-11,13,15H,5-7H2,1H3. The lowest BCUT2D eigenvalue weighted by molar-refractivity contribution is 0.166. The summed E-state index contributed by atoms with van der Waals surface area (Å²) < 4.78 is 0. The number of hydrogen-bond acceptors (Lipinski definition) is 2. The zero-order valence-corrected chi connectivity index (χ0v) is 9.61. The monoisotopic (exact) mass is 228 g/mol. The maximum atomic E-state index is 9.24. The molecule has 0 spiro atoms. The van der Waals surface area contributed by atoms with Gasteiger partial charge in [-0.25, -0.2) is 0 Å². The molecule has 1 aromatic rings. The molecule has 0 radical (unpaired) electrons. The summed E-state index contributed by atoms with van der Waals surface area (Å²) in [6.07, 6.45) is 3.90. The molecule has 2 rings (SSSR count). The van der Waals surface area contributed by atoms with Crippen LogP contribution in [0.3, 0.4) is 0 Å². The van der Waals surface area contributed by atoms with Crippen molar-refractivity contribution < 1.29 is 5.11 Å². The summed E-state index contributed by atoms with van der Waals surface area (Å²) in [7, 11) is 0. The molecule has 0 bridgehead atoms. The van der Waals surface area contributed by atoms with E-state index in [1.807, 2.05) is 12.4 Å². The highest BCUT2D eigenvalue weighted by molar-refractivity contribution is 6.21. The number of aliphatic hydroxyl groups is 1. The molecular formula is C11H17ClN2O. The van der Waals surface area contributed by atoms with Crippen molar-refractivity contribution in [2.45, 2.75) is 12.3 Å². The Morgan fingerprint density at radius 3 is 2.93 bits per heavy atom. The molecule has 15 heavy (non-hydrogen) atoms. The number of nitrogens with one attached hydrogen (secondary N) is 1. The smallest absolute Gasteiger partial charge is 0.0564 e. The van der Waals surface area contributed by atoms with Crippen LogP contribution in [0.2, 0.25) is 0 Å². The third-order valence-corrected chi connectivity index (χ3v) is 3.72. The highest BCUT2D eigenvalue weighted by Gasteiger charge is 2.32. The van der Waals surface area contributed by atoms with Gasteiger partial charge in [-0.15, -0.1) is 11.6 Å². The van der Waals surface area contributed by atoms with E-state index in [-0.39, 0.29) is 17.9 Å². The van der Waals surface area contributed by atoms with Gasteiger partial charge >= 0.3 is 0 Å². The zero-order chi connectivity index (χ0) is 10.8. The van der Waals surface area contributed by atoms with Crippen LogP contribution in [0.1, 0.15) is 6.92 Å². The van der Waals surface area contributed by atoms with E-state index in [0.29, 0.717) is 5.92 Å². The van der Waals surface area contributed by atoms with Crippen LogP contribution in [0.4, 0.5) is 5.69 Å². The van der Waals surface area contributed by atoms with Crippen molar-refractivity contribution in [2.75, 3.05) is 24.6 Å². The Kier molecular flexibility index (Phi) is 3.22. The molecule has 0 amide bonds. The molecule has 3 unspecified atom stereocenters. The van der Waals surface area contributed by atoms with Gasteiger partial charge in [-0.2, -0.15) is 0 Å². The second kappa shape index (κ2) is 4.45. The van der Waals surface area contributed by atoms with Crippen LogP contribution in [0.15, 0.2) is 18.5 Å². The van der Waals surface area contributed by atoms with Crippen molar-refractivity contribution in [1.29, 1.82) is 0 Å². The first kappa shape index (κ1) is 10.8. The summed E-state index contributed by atoms with van der Waals surface area (Å²) in [4.78, 5) is 5.32. The van der Waals surface area contributed by atoms with Gasteiger partial charge in [0.1, 0.15) is 0 Å². The summed E-state index contributed by atoms with van der Waals surface area (Å²) in [5, 5.41) is 9.28. The number of nitrogens with zero attached hydrogens (tertiary/aromatic N) is 1. The lowest BCUT2D eigenvalue weighted by atomic mass is 9.87. The van der Waals surface area contributed by atoms with Crippen molar-refractivity contribution in [3.05, 3.63) is 18.5 Å². The topological polar surface area (TPSA) is 39.3 Å². The summed E-state index contributed by atoms with van der Waals surface area (Å²) in [6, 6.07) is 2.05. The second-order valence-electron chi connectivity index (χ2n) is 4.31. The van der Waals surface area contributed by atoms with Gasteiger partial charge in [0.2, 0.25) is 0 Å². The van der Waals surface area contributed by atoms with Crippen LogP contribution in [0, 0.1) is 11.8 Å². The molecule has 2 heterocycles. The van der Waals surface area contributed by atoms with Crippen molar-refractivity contribution in [1.82, 2.24) is 4.98 Å². The molecule has 3 atom stereocenters. The molecular weight excluding hydrogens is 212 g/mol. The van der Waals surface area contributed by atoms with Gasteiger partial charge in [-0.3, -0.25) is 0 Å². The summed E-state index contributed by atoms with van der Waals surface area (Å²) >= 11 is 6.28. The van der Waals surface area contributed by atoms with E-state index in [0.717, 1.165) is 13.1 Å². The van der Waals surface area contributed by atoms with Gasteiger partial charge in [0.05, 0.1) is 11.1 Å². The fourth-order valence-electron chi connectivity index (χ4n) is 2.28. The highest BCUT2D eigenvalue weighted by atomic mass is 35.5. The molecule has 4 heteroatoms. The number of H-pyrrole nitrogens is 1. The normalized spacial score (nSPS) is 31.9. The van der Waals surface area contributed by atoms with Crippen molar-refractivity contribution in [3.8, 4) is 0 Å². The first-order chi connectivity index (χ1) is 7.22. The predicted octanol–water partition coefficient (Wildman–Crippen LogP) is 1.69. The van der Waals surface area contributed by atoms with E-state index in [1.54, 1.807) is 0 Å². The van der Waals surface area contributed by atoms with Gasteiger partial charge in [-0.1, -0.05) is 6.92 Å². The third-order valence-electron chi connectivity index (χ3n) is 3.26. The maximum Gasteiger partial charge on any atom is 0.0564 e. The first-order valence-corrected chi connectivity index (χ1v) is 5.78. The van der Waals surface area contributed by atoms with Crippen molar-refractivity contribution >= 4 is 17.3 Å². The van der Waals surface area contributed by atoms with Crippen molar-refractivity contribution in [3.63, 3.8) is 0 Å². The van der Waals surface area contributed by atoms with Crippen LogP contribution < -0.4 is 4.90 Å². The molecule has 3 nitrogen and oxygen atoms in total. The summed E-state index contributed by atoms with van der Waals surface area (Å²) in [5.74, 6) is 0.656. The lowest BCUT2D eigenvalue weighted by Crippen LogP contribution is -2.47. The Morgan fingerprint density at radius 2 is 2.40 bits per heavy atom. The largest absolute Gasteiger partial charge is 0.396 e. The summed E-state index contributed by atoms with van der Waals surface area (Å²) in [5.41, 5.74) is 1.18. The van der Waals surface area contributed by atoms with Gasteiger partial charge in [0, 0.05) is 38.0 Å². The molecule has 0 aromatic carbocycles. The molecule has 84 valence electrons. The molecule has 1 fully saturated rings. The van der Waals surface area contributed by atoms with Crippen LogP contribution in [-0.4, -0.2) is 35.2 Å². The highest BCUT2D eigenvalue weighted by Crippen LogP contribution is 2.29. The average molecular weight is 229 g/mol. The van der Waals surface area contributed by atoms with Crippen LogP contribution in [-0.2, 0) is 0 Å². The van der Waals surface area contributed by atoms with Gasteiger partial charge in [0.25, 0.3) is 0 Å². The number of hydrogen-bond donors (Lipinski definition) is 2. The molecule has 1 saturated heterocycles. The maximum absolute atomic E-state index is 9.24.